The molecule has 17 heteroatoms. The molecular formula is C49H71N3O12S2. The summed E-state index contributed by atoms with van der Waals surface area (Å²) in [4.78, 5) is 53.7. The number of sulfonamides is 1. The third-order valence-corrected chi connectivity index (χ3v) is 12.3. The van der Waals surface area contributed by atoms with Crippen LogP contribution in [0.3, 0.4) is 0 Å². The summed E-state index contributed by atoms with van der Waals surface area (Å²) in [6.45, 7) is 16.0. The molecule has 2 unspecified atom stereocenters. The second-order valence-electron chi connectivity index (χ2n) is 18.8. The van der Waals surface area contributed by atoms with Gasteiger partial charge in [0.2, 0.25) is 16.1 Å². The fourth-order valence-electron chi connectivity index (χ4n) is 7.01. The Bertz CT molecular complexity index is 2400. The molecule has 0 aliphatic heterocycles. The van der Waals surface area contributed by atoms with Gasteiger partial charge in [-0.1, -0.05) is 106 Å². The number of ether oxygens (including phenoxy) is 4. The van der Waals surface area contributed by atoms with E-state index in [0.717, 1.165) is 55.9 Å². The molecule has 0 saturated carbocycles. The summed E-state index contributed by atoms with van der Waals surface area (Å²) in [5.74, 6) is -1.76. The van der Waals surface area contributed by atoms with Crippen molar-refractivity contribution in [2.75, 3.05) is 35.0 Å². The van der Waals surface area contributed by atoms with Crippen molar-refractivity contribution >= 4 is 60.5 Å². The van der Waals surface area contributed by atoms with E-state index in [1.807, 2.05) is 20.8 Å². The van der Waals surface area contributed by atoms with E-state index in [9.17, 15) is 36.0 Å². The molecule has 0 aliphatic carbocycles. The van der Waals surface area contributed by atoms with E-state index in [2.05, 4.69) is 22.3 Å². The number of hydrogen-bond donors (Lipinski definition) is 3. The lowest BCUT2D eigenvalue weighted by Crippen LogP contribution is -2.45. The number of carbonyl (C=O) groups excluding carboxylic acids is 4. The first-order chi connectivity index (χ1) is 30.6. The van der Waals surface area contributed by atoms with E-state index >= 15 is 0 Å². The van der Waals surface area contributed by atoms with Gasteiger partial charge < -0.3 is 29.6 Å². The Morgan fingerprint density at radius 1 is 0.667 bits per heavy atom. The molecule has 2 amide bonds. The first-order valence-electron chi connectivity index (χ1n) is 22.5. The highest BCUT2D eigenvalue weighted by Crippen LogP contribution is 2.37. The summed E-state index contributed by atoms with van der Waals surface area (Å²) < 4.78 is 74.9. The Balaban J connectivity index is 1.93. The molecule has 0 bridgehead atoms. The van der Waals surface area contributed by atoms with Crippen LogP contribution in [-0.2, 0) is 44.5 Å². The van der Waals surface area contributed by atoms with Gasteiger partial charge in [-0.2, -0.15) is 0 Å². The Morgan fingerprint density at radius 3 is 1.77 bits per heavy atom. The van der Waals surface area contributed by atoms with Crippen molar-refractivity contribution in [3.63, 3.8) is 0 Å². The molecule has 0 aliphatic rings. The van der Waals surface area contributed by atoms with Gasteiger partial charge in [-0.15, -0.1) is 0 Å². The predicted octanol–water partition coefficient (Wildman–Crippen LogP) is 9.70. The maximum Gasteiger partial charge on any atom is 0.308 e. The summed E-state index contributed by atoms with van der Waals surface area (Å²) in [7, 11) is -6.38. The van der Waals surface area contributed by atoms with E-state index in [1.165, 1.54) is 64.7 Å². The van der Waals surface area contributed by atoms with Gasteiger partial charge in [0, 0.05) is 35.9 Å². The van der Waals surface area contributed by atoms with Crippen molar-refractivity contribution in [3.8, 4) is 23.0 Å². The molecular weight excluding hydrogens is 887 g/mol. The zero-order valence-corrected chi connectivity index (χ0v) is 42.4. The monoisotopic (exact) mass is 957 g/mol. The van der Waals surface area contributed by atoms with E-state index in [4.69, 9.17) is 18.9 Å². The van der Waals surface area contributed by atoms with Crippen molar-refractivity contribution in [3.05, 3.63) is 59.7 Å². The molecule has 3 rings (SSSR count). The maximum absolute atomic E-state index is 14.2. The SMILES string of the molecule is CCCCCCCCCCCCC(Oc1ccc(OC(C)=O)c(C(C)(C)C)c1)C(=O)Nc1cc(OC)c(NC(=O)C(Oc2ccc(S(C)(=O)=O)cc2NS(C)(=O)=O)C(=O)C(C)(C)C)cc1C. The van der Waals surface area contributed by atoms with Gasteiger partial charge in [0.15, 0.2) is 21.7 Å². The smallest absolute Gasteiger partial charge is 0.308 e. The molecule has 0 fully saturated rings. The Morgan fingerprint density at radius 2 is 1.24 bits per heavy atom. The average Bonchev–Trinajstić information content (AvgIpc) is 3.19. The number of amides is 2. The van der Waals surface area contributed by atoms with Gasteiger partial charge in [0.05, 0.1) is 29.6 Å². The number of esters is 1. The van der Waals surface area contributed by atoms with E-state index in [1.54, 1.807) is 52.0 Å². The van der Waals surface area contributed by atoms with Gasteiger partial charge >= 0.3 is 5.97 Å². The molecule has 15 nitrogen and oxygen atoms in total. The van der Waals surface area contributed by atoms with Crippen LogP contribution in [0, 0.1) is 12.3 Å². The summed E-state index contributed by atoms with van der Waals surface area (Å²) in [6, 6.07) is 11.6. The predicted molar refractivity (Wildman–Crippen MR) is 259 cm³/mol. The van der Waals surface area contributed by atoms with Gasteiger partial charge in [0.25, 0.3) is 11.8 Å². The number of unbranched alkanes of at least 4 members (excludes halogenated alkanes) is 9. The molecule has 3 aromatic rings. The molecule has 0 heterocycles. The summed E-state index contributed by atoms with van der Waals surface area (Å²) in [5.41, 5.74) is -0.0767. The Kier molecular flexibility index (Phi) is 20.1. The van der Waals surface area contributed by atoms with Crippen LogP contribution in [-0.4, -0.2) is 72.2 Å². The minimum Gasteiger partial charge on any atom is -0.494 e. The van der Waals surface area contributed by atoms with E-state index < -0.39 is 66.5 Å². The van der Waals surface area contributed by atoms with Gasteiger partial charge in [-0.3, -0.25) is 23.9 Å². The number of sulfone groups is 1. The molecule has 0 spiro atoms. The number of anilines is 3. The number of ketones is 1. The number of methoxy groups -OCH3 is 1. The van der Waals surface area contributed by atoms with Gasteiger partial charge in [-0.25, -0.2) is 16.8 Å². The van der Waals surface area contributed by atoms with Crippen LogP contribution in [0.1, 0.15) is 137 Å². The number of rotatable bonds is 25. The van der Waals surface area contributed by atoms with Crippen LogP contribution < -0.4 is 34.3 Å². The number of nitrogens with one attached hydrogen (secondary N) is 3. The highest BCUT2D eigenvalue weighted by molar-refractivity contribution is 7.92. The second-order valence-corrected chi connectivity index (χ2v) is 22.6. The van der Waals surface area contributed by atoms with Gasteiger partial charge in [0.1, 0.15) is 23.0 Å². The van der Waals surface area contributed by atoms with Crippen LogP contribution in [0.25, 0.3) is 0 Å². The van der Waals surface area contributed by atoms with E-state index in [0.29, 0.717) is 29.2 Å². The average molecular weight is 958 g/mol. The topological polar surface area (TPSA) is 210 Å². The number of aryl methyl sites for hydroxylation is 1. The van der Waals surface area contributed by atoms with Crippen molar-refractivity contribution < 1.29 is 55.0 Å². The normalized spacial score (nSPS) is 13.0. The molecule has 2 atom stereocenters. The lowest BCUT2D eigenvalue weighted by atomic mass is 9.86. The van der Waals surface area contributed by atoms with E-state index in [-0.39, 0.29) is 27.8 Å². The highest BCUT2D eigenvalue weighted by atomic mass is 32.2. The standard InChI is InChI=1S/C49H71N3O12S2/c1-13-14-15-16-17-18-19-20-21-22-23-42(63-34-24-26-40(62-33(3)53)36(29-34)48(4,5)6)46(55)50-37-31-43(61-10)38(28-32(37)2)51-47(56)44(45(54)49(7,8)9)64-41-27-25-35(65(11,57)58)30-39(41)52-66(12,59)60/h24-31,42,44,52H,13-23H2,1-12H3,(H,50,55)(H,51,56). The summed E-state index contributed by atoms with van der Waals surface area (Å²) in [6.07, 6.45) is 10.7. The lowest BCUT2D eigenvalue weighted by Gasteiger charge is -2.26. The lowest BCUT2D eigenvalue weighted by molar-refractivity contribution is -0.140. The van der Waals surface area contributed by atoms with Crippen molar-refractivity contribution in [1.29, 1.82) is 0 Å². The van der Waals surface area contributed by atoms with Crippen LogP contribution in [0.2, 0.25) is 0 Å². The van der Waals surface area contributed by atoms with Crippen LogP contribution in [0.5, 0.6) is 23.0 Å². The van der Waals surface area contributed by atoms with Crippen molar-refractivity contribution in [1.82, 2.24) is 0 Å². The Labute approximate surface area is 392 Å². The van der Waals surface area contributed by atoms with Crippen LogP contribution in [0.15, 0.2) is 53.4 Å². The number of benzene rings is 3. The quantitative estimate of drug-likeness (QED) is 0.0314. The third kappa shape index (κ3) is 17.6. The second kappa shape index (κ2) is 24.0. The van der Waals surface area contributed by atoms with Gasteiger partial charge in [-0.05, 0) is 73.2 Å². The molecule has 0 radical (unpaired) electrons. The van der Waals surface area contributed by atoms with Crippen molar-refractivity contribution in [2.45, 2.75) is 155 Å². The number of Topliss-reactive ketones (excluding diaryl/α,β-unsaturated/α-hetero) is 1. The first kappa shape index (κ1) is 55.2. The summed E-state index contributed by atoms with van der Waals surface area (Å²) in [5, 5.41) is 5.68. The first-order valence-corrected chi connectivity index (χ1v) is 26.3. The zero-order valence-electron chi connectivity index (χ0n) is 40.8. The van der Waals surface area contributed by atoms with Crippen LogP contribution in [0.4, 0.5) is 17.1 Å². The minimum atomic E-state index is -3.97. The molecule has 0 aromatic heterocycles. The molecule has 3 N–H and O–H groups in total. The number of carbonyl (C=O) groups is 4. The Hall–Kier alpha value is -5.16. The molecule has 66 heavy (non-hydrogen) atoms. The minimum absolute atomic E-state index is 0.131. The van der Waals surface area contributed by atoms with Crippen molar-refractivity contribution in [2.24, 2.45) is 5.41 Å². The molecule has 3 aromatic carbocycles. The van der Waals surface area contributed by atoms with Crippen LogP contribution >= 0.6 is 0 Å². The number of hydrogen-bond acceptors (Lipinski definition) is 12. The zero-order chi connectivity index (χ0) is 49.6. The fourth-order valence-corrected chi connectivity index (χ4v) is 8.21. The highest BCUT2D eigenvalue weighted by Gasteiger charge is 2.38. The fraction of sp³-hybridized carbons (Fsp3) is 0.551. The largest absolute Gasteiger partial charge is 0.494 e. The molecule has 0 saturated heterocycles. The maximum atomic E-state index is 14.2. The summed E-state index contributed by atoms with van der Waals surface area (Å²) >= 11 is 0. The molecule has 366 valence electrons. The third-order valence-electron chi connectivity index (χ3n) is 10.6.